The monoisotopic (exact) mass is 284 g/mol. The zero-order valence-corrected chi connectivity index (χ0v) is 9.67. The Morgan fingerprint density at radius 2 is 1.50 bits per heavy atom. The van der Waals surface area contributed by atoms with Crippen LogP contribution in [-0.4, -0.2) is 0 Å². The maximum Gasteiger partial charge on any atom is 0.137 e. The molecule has 0 fully saturated rings. The van der Waals surface area contributed by atoms with Crippen molar-refractivity contribution in [3.8, 4) is 11.5 Å². The summed E-state index contributed by atoms with van der Waals surface area (Å²) in [6.45, 7) is 0. The van der Waals surface area contributed by atoms with Crippen LogP contribution in [0.15, 0.2) is 46.9 Å². The van der Waals surface area contributed by atoms with Gasteiger partial charge in [0.15, 0.2) is 0 Å². The zero-order chi connectivity index (χ0) is 11.5. The summed E-state index contributed by atoms with van der Waals surface area (Å²) in [6, 6.07) is 9.92. The molecule has 2 rings (SSSR count). The second kappa shape index (κ2) is 4.61. The maximum atomic E-state index is 12.9. The first-order chi connectivity index (χ1) is 7.65. The molecule has 0 aromatic heterocycles. The molecule has 82 valence electrons. The molecule has 0 amide bonds. The molecule has 0 aliphatic heterocycles. The predicted octanol–water partition coefficient (Wildman–Crippen LogP) is 4.52. The van der Waals surface area contributed by atoms with Gasteiger partial charge < -0.3 is 4.74 Å². The van der Waals surface area contributed by atoms with E-state index in [4.69, 9.17) is 4.74 Å². The van der Waals surface area contributed by atoms with Gasteiger partial charge in [-0.25, -0.2) is 8.78 Å². The second-order valence-corrected chi connectivity index (χ2v) is 3.99. The lowest BCUT2D eigenvalue weighted by atomic mass is 10.3. The molecule has 0 saturated heterocycles. The molecule has 4 heteroatoms. The molecule has 0 saturated carbocycles. The Bertz CT molecular complexity index is 497. The summed E-state index contributed by atoms with van der Waals surface area (Å²) in [5, 5.41) is 0. The Hall–Kier alpha value is -1.42. The first-order valence-corrected chi connectivity index (χ1v) is 5.33. The molecule has 0 aliphatic rings. The average Bonchev–Trinajstić information content (AvgIpc) is 2.27. The third-order valence-corrected chi connectivity index (χ3v) is 2.55. The minimum atomic E-state index is -0.355. The van der Waals surface area contributed by atoms with Crippen molar-refractivity contribution in [2.24, 2.45) is 0 Å². The molecule has 0 N–H and O–H groups in total. The van der Waals surface area contributed by atoms with Gasteiger partial charge in [-0.2, -0.15) is 0 Å². The van der Waals surface area contributed by atoms with Crippen molar-refractivity contribution < 1.29 is 13.5 Å². The van der Waals surface area contributed by atoms with E-state index >= 15 is 0 Å². The second-order valence-electron chi connectivity index (χ2n) is 3.13. The van der Waals surface area contributed by atoms with Gasteiger partial charge in [0.25, 0.3) is 0 Å². The van der Waals surface area contributed by atoms with Gasteiger partial charge >= 0.3 is 0 Å². The summed E-state index contributed by atoms with van der Waals surface area (Å²) in [5.41, 5.74) is 0. The van der Waals surface area contributed by atoms with Crippen LogP contribution in [0, 0.1) is 11.6 Å². The zero-order valence-electron chi connectivity index (χ0n) is 8.08. The fraction of sp³-hybridized carbons (Fsp3) is 0. The highest BCUT2D eigenvalue weighted by Crippen LogP contribution is 2.26. The van der Waals surface area contributed by atoms with Gasteiger partial charge in [0.05, 0.1) is 4.47 Å². The van der Waals surface area contributed by atoms with E-state index in [0.717, 1.165) is 0 Å². The van der Waals surface area contributed by atoms with Crippen LogP contribution in [0.25, 0.3) is 0 Å². The Morgan fingerprint density at radius 3 is 2.12 bits per heavy atom. The van der Waals surface area contributed by atoms with E-state index in [9.17, 15) is 8.78 Å². The van der Waals surface area contributed by atoms with Crippen molar-refractivity contribution in [2.45, 2.75) is 0 Å². The van der Waals surface area contributed by atoms with Crippen LogP contribution in [0.5, 0.6) is 11.5 Å². The Balaban J connectivity index is 2.20. The van der Waals surface area contributed by atoms with Crippen LogP contribution in [-0.2, 0) is 0 Å². The summed E-state index contributed by atoms with van der Waals surface area (Å²) >= 11 is 3.06. The minimum Gasteiger partial charge on any atom is -0.457 e. The van der Waals surface area contributed by atoms with Crippen LogP contribution in [0.3, 0.4) is 0 Å². The van der Waals surface area contributed by atoms with Crippen molar-refractivity contribution in [1.29, 1.82) is 0 Å². The van der Waals surface area contributed by atoms with E-state index < -0.39 is 0 Å². The Morgan fingerprint density at radius 1 is 0.875 bits per heavy atom. The highest BCUT2D eigenvalue weighted by Gasteiger charge is 2.02. The third kappa shape index (κ3) is 2.58. The van der Waals surface area contributed by atoms with E-state index in [1.54, 1.807) is 0 Å². The first-order valence-electron chi connectivity index (χ1n) is 4.53. The molecule has 0 radical (unpaired) electrons. The van der Waals surface area contributed by atoms with Gasteiger partial charge in [0.2, 0.25) is 0 Å². The van der Waals surface area contributed by atoms with Crippen molar-refractivity contribution in [2.75, 3.05) is 0 Å². The van der Waals surface area contributed by atoms with Crippen LogP contribution in [0.1, 0.15) is 0 Å². The summed E-state index contributed by atoms with van der Waals surface area (Å²) in [7, 11) is 0. The van der Waals surface area contributed by atoms with Gasteiger partial charge in [-0.1, -0.05) is 0 Å². The SMILES string of the molecule is Fc1ccc(Oc2ccc(F)c(Br)c2)cc1. The molecular weight excluding hydrogens is 278 g/mol. The lowest BCUT2D eigenvalue weighted by Gasteiger charge is -2.05. The summed E-state index contributed by atoms with van der Waals surface area (Å²) in [6.07, 6.45) is 0. The smallest absolute Gasteiger partial charge is 0.137 e. The average molecular weight is 285 g/mol. The molecule has 2 aromatic carbocycles. The van der Waals surface area contributed by atoms with Crippen molar-refractivity contribution in [1.82, 2.24) is 0 Å². The van der Waals surface area contributed by atoms with Gasteiger partial charge in [0.1, 0.15) is 23.1 Å². The van der Waals surface area contributed by atoms with Gasteiger partial charge in [0, 0.05) is 0 Å². The lowest BCUT2D eigenvalue weighted by Crippen LogP contribution is -1.85. The molecule has 2 aromatic rings. The van der Waals surface area contributed by atoms with E-state index in [1.165, 1.54) is 42.5 Å². The van der Waals surface area contributed by atoms with Gasteiger partial charge in [-0.05, 0) is 58.4 Å². The largest absolute Gasteiger partial charge is 0.457 e. The predicted molar refractivity (Wildman–Crippen MR) is 60.6 cm³/mol. The fourth-order valence-electron chi connectivity index (χ4n) is 1.18. The number of ether oxygens (including phenoxy) is 1. The summed E-state index contributed by atoms with van der Waals surface area (Å²) in [5.74, 6) is 0.305. The Kier molecular flexibility index (Phi) is 3.19. The molecule has 1 nitrogen and oxygen atoms in total. The van der Waals surface area contributed by atoms with Gasteiger partial charge in [-0.15, -0.1) is 0 Å². The topological polar surface area (TPSA) is 9.23 Å². The minimum absolute atomic E-state index is 0.326. The maximum absolute atomic E-state index is 12.9. The fourth-order valence-corrected chi connectivity index (χ4v) is 1.54. The quantitative estimate of drug-likeness (QED) is 0.788. The van der Waals surface area contributed by atoms with Crippen LogP contribution >= 0.6 is 15.9 Å². The van der Waals surface area contributed by atoms with Crippen molar-refractivity contribution >= 4 is 15.9 Å². The van der Waals surface area contributed by atoms with Gasteiger partial charge in [-0.3, -0.25) is 0 Å². The Labute approximate surface area is 99.8 Å². The van der Waals surface area contributed by atoms with Crippen LogP contribution in [0.4, 0.5) is 8.78 Å². The molecule has 16 heavy (non-hydrogen) atoms. The summed E-state index contributed by atoms with van der Waals surface area (Å²) < 4.78 is 31.3. The lowest BCUT2D eigenvalue weighted by molar-refractivity contribution is 0.478. The number of benzene rings is 2. The van der Waals surface area contributed by atoms with Crippen LogP contribution < -0.4 is 4.74 Å². The normalized spacial score (nSPS) is 10.2. The first kappa shape index (κ1) is 11.1. The molecule has 0 bridgehead atoms. The highest BCUT2D eigenvalue weighted by atomic mass is 79.9. The summed E-state index contributed by atoms with van der Waals surface area (Å²) in [4.78, 5) is 0. The third-order valence-electron chi connectivity index (χ3n) is 1.94. The van der Waals surface area contributed by atoms with E-state index in [2.05, 4.69) is 15.9 Å². The molecule has 0 aliphatic carbocycles. The number of rotatable bonds is 2. The number of hydrogen-bond acceptors (Lipinski definition) is 1. The van der Waals surface area contributed by atoms with Crippen LogP contribution in [0.2, 0.25) is 0 Å². The molecular formula is C12H7BrF2O. The van der Waals surface area contributed by atoms with Crippen molar-refractivity contribution in [3.05, 3.63) is 58.6 Å². The molecule has 0 unspecified atom stereocenters. The van der Waals surface area contributed by atoms with E-state index in [1.807, 2.05) is 0 Å². The van der Waals surface area contributed by atoms with E-state index in [-0.39, 0.29) is 11.6 Å². The number of hydrogen-bond donors (Lipinski definition) is 0. The van der Waals surface area contributed by atoms with Crippen molar-refractivity contribution in [3.63, 3.8) is 0 Å². The molecule has 0 spiro atoms. The van der Waals surface area contributed by atoms with E-state index in [0.29, 0.717) is 16.0 Å². The molecule has 0 atom stereocenters. The molecule has 0 heterocycles. The number of halogens is 3. The highest BCUT2D eigenvalue weighted by molar-refractivity contribution is 9.10. The standard InChI is InChI=1S/C12H7BrF2O/c13-11-7-10(5-6-12(11)15)16-9-3-1-8(14)2-4-9/h1-7H.